The summed E-state index contributed by atoms with van der Waals surface area (Å²) in [6, 6.07) is 5.16. The Balaban J connectivity index is 1.44. The van der Waals surface area contributed by atoms with Crippen molar-refractivity contribution >= 4 is 0 Å². The molecule has 0 bridgehead atoms. The summed E-state index contributed by atoms with van der Waals surface area (Å²) in [5, 5.41) is 0. The first-order valence-corrected chi connectivity index (χ1v) is 11.5. The third-order valence-corrected chi connectivity index (χ3v) is 7.12. The van der Waals surface area contributed by atoms with Crippen LogP contribution >= 0.6 is 0 Å². The molecule has 0 spiro atoms. The zero-order valence-electron chi connectivity index (χ0n) is 18.0. The zero-order chi connectivity index (χ0) is 22.0. The highest BCUT2D eigenvalue weighted by Crippen LogP contribution is 2.40. The lowest BCUT2D eigenvalue weighted by molar-refractivity contribution is 0.00884. The molecule has 1 fully saturated rings. The zero-order valence-corrected chi connectivity index (χ0v) is 18.0. The van der Waals surface area contributed by atoms with E-state index in [1.165, 1.54) is 0 Å². The standard InChI is InChI=1S/C26H30F4O/c1-2-3-12-31-20-8-4-16(5-9-20)17-6-10-21-18(13-17)7-11-22(25(21)29)19-14-23(27)26(30)24(28)15-19/h7,11,14-17,20H,2-6,8-10,12-13H2,1H3. The lowest BCUT2D eigenvalue weighted by Crippen LogP contribution is -2.29. The maximum Gasteiger partial charge on any atom is 0.194 e. The Morgan fingerprint density at radius 3 is 2.26 bits per heavy atom. The Morgan fingerprint density at radius 1 is 0.871 bits per heavy atom. The highest BCUT2D eigenvalue weighted by molar-refractivity contribution is 5.66. The van der Waals surface area contributed by atoms with Gasteiger partial charge in [0.05, 0.1) is 6.10 Å². The largest absolute Gasteiger partial charge is 0.378 e. The first-order chi connectivity index (χ1) is 15.0. The molecular formula is C26H30F4O. The Hall–Kier alpha value is -1.88. The van der Waals surface area contributed by atoms with Crippen molar-refractivity contribution in [2.24, 2.45) is 11.8 Å². The third-order valence-electron chi connectivity index (χ3n) is 7.12. The van der Waals surface area contributed by atoms with Crippen LogP contribution in [0, 0.1) is 35.1 Å². The Labute approximate surface area is 181 Å². The molecular weight excluding hydrogens is 404 g/mol. The minimum absolute atomic E-state index is 0.0280. The van der Waals surface area contributed by atoms with Crippen molar-refractivity contribution < 1.29 is 22.3 Å². The monoisotopic (exact) mass is 434 g/mol. The fourth-order valence-electron chi connectivity index (χ4n) is 5.29. The average Bonchev–Trinajstić information content (AvgIpc) is 2.78. The predicted octanol–water partition coefficient (Wildman–Crippen LogP) is 7.39. The van der Waals surface area contributed by atoms with Gasteiger partial charge in [0.25, 0.3) is 0 Å². The van der Waals surface area contributed by atoms with Crippen LogP contribution in [-0.4, -0.2) is 12.7 Å². The number of unbranched alkanes of at least 4 members (excludes halogenated alkanes) is 1. The van der Waals surface area contributed by atoms with E-state index < -0.39 is 23.3 Å². The third kappa shape index (κ3) is 4.82. The predicted molar refractivity (Wildman–Crippen MR) is 114 cm³/mol. The van der Waals surface area contributed by atoms with Gasteiger partial charge in [-0.1, -0.05) is 25.5 Å². The smallest absolute Gasteiger partial charge is 0.194 e. The SMILES string of the molecule is CCCCOC1CCC(C2CCc3c(ccc(-c4cc(F)c(F)c(F)c4)c3F)C2)CC1. The van der Waals surface area contributed by atoms with Crippen LogP contribution in [0.4, 0.5) is 17.6 Å². The molecule has 0 saturated heterocycles. The van der Waals surface area contributed by atoms with Gasteiger partial charge in [0.1, 0.15) is 5.82 Å². The molecule has 168 valence electrons. The Morgan fingerprint density at radius 2 is 1.58 bits per heavy atom. The highest BCUT2D eigenvalue weighted by atomic mass is 19.2. The van der Waals surface area contributed by atoms with Crippen molar-refractivity contribution in [1.82, 2.24) is 0 Å². The molecule has 31 heavy (non-hydrogen) atoms. The molecule has 0 N–H and O–H groups in total. The van der Waals surface area contributed by atoms with Crippen molar-refractivity contribution in [2.75, 3.05) is 6.61 Å². The summed E-state index contributed by atoms with van der Waals surface area (Å²) >= 11 is 0. The minimum Gasteiger partial charge on any atom is -0.378 e. The van der Waals surface area contributed by atoms with Gasteiger partial charge in [0.2, 0.25) is 0 Å². The van der Waals surface area contributed by atoms with E-state index in [0.29, 0.717) is 29.9 Å². The van der Waals surface area contributed by atoms with Crippen molar-refractivity contribution in [3.05, 3.63) is 58.7 Å². The van der Waals surface area contributed by atoms with Crippen LogP contribution in [-0.2, 0) is 17.6 Å². The second kappa shape index (κ2) is 9.72. The van der Waals surface area contributed by atoms with E-state index >= 15 is 4.39 Å². The Kier molecular flexibility index (Phi) is 7.00. The summed E-state index contributed by atoms with van der Waals surface area (Å²) in [4.78, 5) is 0. The number of ether oxygens (including phenoxy) is 1. The molecule has 1 unspecified atom stereocenters. The van der Waals surface area contributed by atoms with Gasteiger partial charge in [-0.2, -0.15) is 0 Å². The fourth-order valence-corrected chi connectivity index (χ4v) is 5.29. The van der Waals surface area contributed by atoms with E-state index in [4.69, 9.17) is 4.74 Å². The van der Waals surface area contributed by atoms with Gasteiger partial charge >= 0.3 is 0 Å². The molecule has 5 heteroatoms. The normalized spacial score (nSPS) is 23.6. The molecule has 0 aromatic heterocycles. The van der Waals surface area contributed by atoms with Crippen LogP contribution in [0.25, 0.3) is 11.1 Å². The topological polar surface area (TPSA) is 9.23 Å². The van der Waals surface area contributed by atoms with E-state index in [9.17, 15) is 13.2 Å². The molecule has 0 aliphatic heterocycles. The van der Waals surface area contributed by atoms with E-state index in [2.05, 4.69) is 6.92 Å². The molecule has 1 saturated carbocycles. The lowest BCUT2D eigenvalue weighted by atomic mass is 9.71. The fraction of sp³-hybridized carbons (Fsp3) is 0.538. The summed E-state index contributed by atoms with van der Waals surface area (Å²) in [5.41, 5.74) is 1.78. The quantitative estimate of drug-likeness (QED) is 0.262. The van der Waals surface area contributed by atoms with Crippen molar-refractivity contribution in [1.29, 1.82) is 0 Å². The molecule has 2 aromatic carbocycles. The van der Waals surface area contributed by atoms with Gasteiger partial charge in [0, 0.05) is 12.2 Å². The van der Waals surface area contributed by atoms with Crippen LogP contribution in [0.3, 0.4) is 0 Å². The molecule has 4 rings (SSSR count). The molecule has 0 radical (unpaired) electrons. The first-order valence-electron chi connectivity index (χ1n) is 11.5. The van der Waals surface area contributed by atoms with Crippen LogP contribution in [0.2, 0.25) is 0 Å². The van der Waals surface area contributed by atoms with Crippen LogP contribution in [0.1, 0.15) is 63.0 Å². The number of fused-ring (bicyclic) bond motifs is 1. The van der Waals surface area contributed by atoms with E-state index in [1.807, 2.05) is 6.07 Å². The number of rotatable bonds is 6. The number of hydrogen-bond donors (Lipinski definition) is 0. The summed E-state index contributed by atoms with van der Waals surface area (Å²) in [5.74, 6) is -3.40. The van der Waals surface area contributed by atoms with Gasteiger partial charge in [-0.3, -0.25) is 0 Å². The highest BCUT2D eigenvalue weighted by Gasteiger charge is 2.32. The van der Waals surface area contributed by atoms with Crippen LogP contribution < -0.4 is 0 Å². The molecule has 2 aliphatic carbocycles. The van der Waals surface area contributed by atoms with E-state index in [-0.39, 0.29) is 11.1 Å². The summed E-state index contributed by atoms with van der Waals surface area (Å²) in [7, 11) is 0. The number of hydrogen-bond acceptors (Lipinski definition) is 1. The molecule has 0 amide bonds. The van der Waals surface area contributed by atoms with Gasteiger partial charge in [-0.25, -0.2) is 17.6 Å². The molecule has 2 aliphatic rings. The maximum atomic E-state index is 15.2. The van der Waals surface area contributed by atoms with Gasteiger partial charge < -0.3 is 4.74 Å². The van der Waals surface area contributed by atoms with Crippen molar-refractivity contribution in [2.45, 2.75) is 70.8 Å². The average molecular weight is 435 g/mol. The van der Waals surface area contributed by atoms with E-state index in [1.54, 1.807) is 6.07 Å². The van der Waals surface area contributed by atoms with Gasteiger partial charge in [0.15, 0.2) is 17.5 Å². The lowest BCUT2D eigenvalue weighted by Gasteiger charge is -2.36. The summed E-state index contributed by atoms with van der Waals surface area (Å²) in [6.45, 7) is 3.02. The van der Waals surface area contributed by atoms with E-state index in [0.717, 1.165) is 75.7 Å². The summed E-state index contributed by atoms with van der Waals surface area (Å²) in [6.07, 6.45) is 9.56. The molecule has 1 nitrogen and oxygen atoms in total. The number of benzene rings is 2. The first kappa shape index (κ1) is 22.3. The van der Waals surface area contributed by atoms with Gasteiger partial charge in [-0.05, 0) is 92.0 Å². The maximum absolute atomic E-state index is 15.2. The molecule has 1 atom stereocenters. The second-order valence-electron chi connectivity index (χ2n) is 9.08. The summed E-state index contributed by atoms with van der Waals surface area (Å²) < 4.78 is 61.7. The minimum atomic E-state index is -1.53. The van der Waals surface area contributed by atoms with Gasteiger partial charge in [-0.15, -0.1) is 0 Å². The second-order valence-corrected chi connectivity index (χ2v) is 9.08. The van der Waals surface area contributed by atoms with Crippen molar-refractivity contribution in [3.8, 4) is 11.1 Å². The Bertz CT molecular complexity index is 895. The van der Waals surface area contributed by atoms with Crippen LogP contribution in [0.5, 0.6) is 0 Å². The van der Waals surface area contributed by atoms with Crippen molar-refractivity contribution in [3.63, 3.8) is 0 Å². The van der Waals surface area contributed by atoms with Crippen LogP contribution in [0.15, 0.2) is 24.3 Å². The molecule has 2 aromatic rings. The molecule has 0 heterocycles. The number of halogens is 4.